The number of thiazole rings is 1. The van der Waals surface area contributed by atoms with E-state index in [1.807, 2.05) is 41.9 Å². The van der Waals surface area contributed by atoms with E-state index in [9.17, 15) is 4.79 Å². The van der Waals surface area contributed by atoms with Gasteiger partial charge in [-0.2, -0.15) is 16.4 Å². The molecule has 3 heterocycles. The molecule has 7 heteroatoms. The first-order valence-electron chi connectivity index (χ1n) is 6.95. The lowest BCUT2D eigenvalue weighted by Crippen LogP contribution is -2.11. The molecule has 0 aliphatic carbocycles. The number of carbonyl (C=O) groups is 1. The third kappa shape index (κ3) is 2.64. The summed E-state index contributed by atoms with van der Waals surface area (Å²) in [7, 11) is 0. The second kappa shape index (κ2) is 5.60. The van der Waals surface area contributed by atoms with Crippen LogP contribution in [-0.4, -0.2) is 21.1 Å². The third-order valence-corrected chi connectivity index (χ3v) is 5.36. The van der Waals surface area contributed by atoms with Gasteiger partial charge >= 0.3 is 0 Å². The number of carbonyl (C=O) groups excluding carboxylic acids is 1. The summed E-state index contributed by atoms with van der Waals surface area (Å²) in [5, 5.41) is 15.7. The van der Waals surface area contributed by atoms with Crippen molar-refractivity contribution in [1.29, 1.82) is 0 Å². The van der Waals surface area contributed by atoms with E-state index in [-0.39, 0.29) is 5.91 Å². The fraction of sp³-hybridized carbons (Fsp3) is 0.0625. The van der Waals surface area contributed by atoms with Gasteiger partial charge in [-0.1, -0.05) is 0 Å². The number of fused-ring (bicyclic) bond motifs is 1. The summed E-state index contributed by atoms with van der Waals surface area (Å²) in [5.74, 6) is -0.135. The van der Waals surface area contributed by atoms with Gasteiger partial charge in [0, 0.05) is 22.0 Å². The van der Waals surface area contributed by atoms with Gasteiger partial charge in [0.05, 0.1) is 17.4 Å². The maximum absolute atomic E-state index is 12.5. The molecule has 23 heavy (non-hydrogen) atoms. The molecule has 2 N–H and O–H groups in total. The van der Waals surface area contributed by atoms with Crippen molar-refractivity contribution in [3.8, 4) is 10.6 Å². The van der Waals surface area contributed by atoms with E-state index < -0.39 is 0 Å². The molecule has 0 aliphatic heterocycles. The SMILES string of the molecule is Cc1nc(-c2ccsc2)sc1C(=O)Nc1ccc2[nH]ncc2c1. The molecule has 0 unspecified atom stereocenters. The monoisotopic (exact) mass is 340 g/mol. The van der Waals surface area contributed by atoms with Crippen LogP contribution in [0.3, 0.4) is 0 Å². The lowest BCUT2D eigenvalue weighted by Gasteiger charge is -2.03. The minimum Gasteiger partial charge on any atom is -0.321 e. The number of nitrogens with zero attached hydrogens (tertiary/aromatic N) is 2. The topological polar surface area (TPSA) is 70.7 Å². The number of benzene rings is 1. The van der Waals surface area contributed by atoms with Crippen molar-refractivity contribution in [3.63, 3.8) is 0 Å². The first-order chi connectivity index (χ1) is 11.2. The van der Waals surface area contributed by atoms with Gasteiger partial charge in [0.1, 0.15) is 9.88 Å². The number of nitrogens with one attached hydrogen (secondary N) is 2. The summed E-state index contributed by atoms with van der Waals surface area (Å²) < 4.78 is 0. The molecule has 1 aromatic carbocycles. The number of aromatic nitrogens is 3. The summed E-state index contributed by atoms with van der Waals surface area (Å²) in [6.45, 7) is 1.86. The summed E-state index contributed by atoms with van der Waals surface area (Å²) >= 11 is 3.03. The van der Waals surface area contributed by atoms with Crippen LogP contribution in [0.4, 0.5) is 5.69 Å². The van der Waals surface area contributed by atoms with Crippen molar-refractivity contribution in [1.82, 2.24) is 15.2 Å². The predicted molar refractivity (Wildman–Crippen MR) is 94.2 cm³/mol. The maximum atomic E-state index is 12.5. The smallest absolute Gasteiger partial charge is 0.267 e. The highest BCUT2D eigenvalue weighted by Gasteiger charge is 2.16. The largest absolute Gasteiger partial charge is 0.321 e. The Bertz CT molecular complexity index is 985. The van der Waals surface area contributed by atoms with E-state index >= 15 is 0 Å². The zero-order valence-corrected chi connectivity index (χ0v) is 13.8. The Kier molecular flexibility index (Phi) is 3.44. The highest BCUT2D eigenvalue weighted by Crippen LogP contribution is 2.30. The van der Waals surface area contributed by atoms with Gasteiger partial charge in [-0.3, -0.25) is 9.89 Å². The molecule has 0 spiro atoms. The molecule has 4 aromatic rings. The number of anilines is 1. The number of amides is 1. The molecule has 0 saturated heterocycles. The number of hydrogen-bond acceptors (Lipinski definition) is 5. The fourth-order valence-corrected chi connectivity index (χ4v) is 4.00. The summed E-state index contributed by atoms with van der Waals surface area (Å²) in [4.78, 5) is 17.7. The standard InChI is InChI=1S/C16H12N4OS2/c1-9-14(23-16(18-9)10-4-5-22-8-10)15(21)19-12-2-3-13-11(6-12)7-17-20-13/h2-8H,1H3,(H,17,20)(H,19,21). The van der Waals surface area contributed by atoms with Crippen molar-refractivity contribution >= 4 is 45.2 Å². The van der Waals surface area contributed by atoms with E-state index in [1.54, 1.807) is 17.5 Å². The normalized spacial score (nSPS) is 11.0. The molecule has 3 aromatic heterocycles. The number of aryl methyl sites for hydroxylation is 1. The van der Waals surface area contributed by atoms with Crippen LogP contribution in [0.2, 0.25) is 0 Å². The molecule has 0 atom stereocenters. The number of H-pyrrole nitrogens is 1. The first-order valence-corrected chi connectivity index (χ1v) is 8.71. The van der Waals surface area contributed by atoms with Gasteiger partial charge in [0.2, 0.25) is 0 Å². The molecule has 0 fully saturated rings. The zero-order valence-electron chi connectivity index (χ0n) is 12.2. The second-order valence-corrected chi connectivity index (χ2v) is 6.85. The number of rotatable bonds is 3. The third-order valence-electron chi connectivity index (χ3n) is 3.47. The van der Waals surface area contributed by atoms with Crippen LogP contribution in [0.5, 0.6) is 0 Å². The predicted octanol–water partition coefficient (Wildman–Crippen LogP) is 4.31. The summed E-state index contributed by atoms with van der Waals surface area (Å²) in [6.07, 6.45) is 1.73. The molecule has 114 valence electrons. The molecule has 0 saturated carbocycles. The second-order valence-electron chi connectivity index (χ2n) is 5.07. The van der Waals surface area contributed by atoms with E-state index in [2.05, 4.69) is 20.5 Å². The van der Waals surface area contributed by atoms with Gasteiger partial charge in [-0.25, -0.2) is 4.98 Å². The molecule has 5 nitrogen and oxygen atoms in total. The van der Waals surface area contributed by atoms with Crippen LogP contribution in [0.15, 0.2) is 41.2 Å². The minimum atomic E-state index is -0.135. The Hall–Kier alpha value is -2.51. The molecular weight excluding hydrogens is 328 g/mol. The Morgan fingerprint density at radius 2 is 2.22 bits per heavy atom. The quantitative estimate of drug-likeness (QED) is 0.584. The van der Waals surface area contributed by atoms with E-state index in [0.29, 0.717) is 4.88 Å². The Morgan fingerprint density at radius 1 is 1.30 bits per heavy atom. The Morgan fingerprint density at radius 3 is 3.04 bits per heavy atom. The van der Waals surface area contributed by atoms with Gasteiger partial charge in [0.25, 0.3) is 5.91 Å². The number of aromatic amines is 1. The Balaban J connectivity index is 1.61. The minimum absolute atomic E-state index is 0.135. The van der Waals surface area contributed by atoms with E-state index in [1.165, 1.54) is 11.3 Å². The van der Waals surface area contributed by atoms with Crippen molar-refractivity contribution in [3.05, 3.63) is 51.8 Å². The van der Waals surface area contributed by atoms with Crippen LogP contribution in [-0.2, 0) is 0 Å². The van der Waals surface area contributed by atoms with E-state index in [0.717, 1.165) is 32.9 Å². The van der Waals surface area contributed by atoms with Crippen LogP contribution >= 0.6 is 22.7 Å². The van der Waals surface area contributed by atoms with Crippen LogP contribution in [0.1, 0.15) is 15.4 Å². The average molecular weight is 340 g/mol. The van der Waals surface area contributed by atoms with Crippen LogP contribution in [0, 0.1) is 6.92 Å². The van der Waals surface area contributed by atoms with Gasteiger partial charge in [-0.05, 0) is 36.6 Å². The highest BCUT2D eigenvalue weighted by atomic mass is 32.1. The fourth-order valence-electron chi connectivity index (χ4n) is 2.33. The summed E-state index contributed by atoms with van der Waals surface area (Å²) in [5.41, 5.74) is 3.49. The van der Waals surface area contributed by atoms with Gasteiger partial charge in [-0.15, -0.1) is 11.3 Å². The summed E-state index contributed by atoms with van der Waals surface area (Å²) in [6, 6.07) is 7.66. The van der Waals surface area contributed by atoms with Crippen molar-refractivity contribution in [2.75, 3.05) is 5.32 Å². The van der Waals surface area contributed by atoms with E-state index in [4.69, 9.17) is 0 Å². The van der Waals surface area contributed by atoms with Gasteiger partial charge < -0.3 is 5.32 Å². The number of hydrogen-bond donors (Lipinski definition) is 2. The van der Waals surface area contributed by atoms with Crippen molar-refractivity contribution in [2.45, 2.75) is 6.92 Å². The zero-order chi connectivity index (χ0) is 15.8. The molecule has 0 aliphatic rings. The Labute approximate surface area is 140 Å². The maximum Gasteiger partial charge on any atom is 0.267 e. The molecule has 1 amide bonds. The van der Waals surface area contributed by atoms with Crippen LogP contribution < -0.4 is 5.32 Å². The molecule has 0 bridgehead atoms. The average Bonchev–Trinajstić information content (AvgIpc) is 3.26. The first kappa shape index (κ1) is 14.1. The van der Waals surface area contributed by atoms with Crippen molar-refractivity contribution < 1.29 is 4.79 Å². The molecule has 0 radical (unpaired) electrons. The van der Waals surface area contributed by atoms with Gasteiger partial charge in [0.15, 0.2) is 0 Å². The van der Waals surface area contributed by atoms with Crippen molar-refractivity contribution in [2.24, 2.45) is 0 Å². The molecular formula is C16H12N4OS2. The lowest BCUT2D eigenvalue weighted by molar-refractivity contribution is 0.103. The number of thiophene rings is 1. The lowest BCUT2D eigenvalue weighted by atomic mass is 10.2. The molecule has 4 rings (SSSR count). The highest BCUT2D eigenvalue weighted by molar-refractivity contribution is 7.17. The van der Waals surface area contributed by atoms with Crippen LogP contribution in [0.25, 0.3) is 21.5 Å².